The lowest BCUT2D eigenvalue weighted by Gasteiger charge is -1.99. The van der Waals surface area contributed by atoms with Crippen molar-refractivity contribution in [2.75, 3.05) is 0 Å². The van der Waals surface area contributed by atoms with Crippen LogP contribution in [0.15, 0.2) is 24.3 Å². The molecule has 0 fully saturated rings. The summed E-state index contributed by atoms with van der Waals surface area (Å²) in [6.07, 6.45) is 42.5. The van der Waals surface area contributed by atoms with Gasteiger partial charge in [-0.15, -0.1) is 0 Å². The Balaban J connectivity index is -0.000000680. The summed E-state index contributed by atoms with van der Waals surface area (Å²) in [6.45, 7) is 4.52. The maximum Gasteiger partial charge on any atom is 0.466 e. The Morgan fingerprint density at radius 3 is 0.844 bits per heavy atom. The Bertz CT molecular complexity index is 660. The molecule has 5 N–H and O–H groups in total. The molecule has 8 nitrogen and oxygen atoms in total. The monoisotopic (exact) mass is 662 g/mol. The van der Waals surface area contributed by atoms with E-state index in [0.717, 1.165) is 25.7 Å². The van der Waals surface area contributed by atoms with Crippen LogP contribution in [0.5, 0.6) is 0 Å². The summed E-state index contributed by atoms with van der Waals surface area (Å²) in [5.41, 5.74) is 0. The fraction of sp³-hybridized carbons (Fsp3) is 0.833. The molecule has 0 radical (unpaired) electrons. The van der Waals surface area contributed by atoms with Gasteiger partial charge in [-0.3, -0.25) is 9.59 Å². The van der Waals surface area contributed by atoms with Gasteiger partial charge in [0.05, 0.1) is 0 Å². The van der Waals surface area contributed by atoms with Crippen molar-refractivity contribution in [1.82, 2.24) is 0 Å². The van der Waals surface area contributed by atoms with E-state index in [-0.39, 0.29) is 0 Å². The van der Waals surface area contributed by atoms with Crippen LogP contribution in [0.1, 0.15) is 194 Å². The maximum atomic E-state index is 10.3. The maximum absolute atomic E-state index is 10.3. The molecule has 0 atom stereocenters. The molecule has 0 saturated carbocycles. The second kappa shape index (κ2) is 40.6. The zero-order valence-corrected chi connectivity index (χ0v) is 29.9. The third-order valence-corrected chi connectivity index (χ3v) is 7.30. The van der Waals surface area contributed by atoms with Crippen LogP contribution in [0.4, 0.5) is 0 Å². The first kappa shape index (κ1) is 47.9. The average Bonchev–Trinajstić information content (AvgIpc) is 2.96. The van der Waals surface area contributed by atoms with Crippen LogP contribution >= 0.6 is 7.82 Å². The van der Waals surface area contributed by atoms with Gasteiger partial charge in [-0.25, -0.2) is 4.57 Å². The molecule has 0 amide bonds. The standard InChI is InChI=1S/2C18H34O2.H3O4P/c2*1-2-3-4-5-6-7-8-9-10-11-12-13-14-15-16-17-18(19)20;1-5(2,3)4/h2*9-10H,2-8,11-17H2,1H3,(H,19,20);(H3,1,2,3,4)/b2*10-9-;. The van der Waals surface area contributed by atoms with Crippen molar-refractivity contribution in [3.05, 3.63) is 24.3 Å². The highest BCUT2D eigenvalue weighted by atomic mass is 31.2. The minimum Gasteiger partial charge on any atom is -0.481 e. The third kappa shape index (κ3) is 66.0. The van der Waals surface area contributed by atoms with Gasteiger partial charge in [-0.2, -0.15) is 0 Å². The molecule has 268 valence electrons. The molecule has 0 rings (SSSR count). The second-order valence-corrected chi connectivity index (χ2v) is 13.0. The van der Waals surface area contributed by atoms with Crippen LogP contribution < -0.4 is 0 Å². The Morgan fingerprint density at radius 2 is 0.622 bits per heavy atom. The number of carboxylic acid groups (broad SMARTS) is 2. The third-order valence-electron chi connectivity index (χ3n) is 7.30. The number of hydrogen-bond acceptors (Lipinski definition) is 3. The van der Waals surface area contributed by atoms with E-state index in [1.54, 1.807) is 0 Å². The molecule has 0 unspecified atom stereocenters. The highest BCUT2D eigenvalue weighted by Crippen LogP contribution is 2.25. The second-order valence-electron chi connectivity index (χ2n) is 12.0. The summed E-state index contributed by atoms with van der Waals surface area (Å²) in [6, 6.07) is 0. The fourth-order valence-electron chi connectivity index (χ4n) is 4.69. The number of rotatable bonds is 30. The molecule has 0 aromatic heterocycles. The Kier molecular flexibility index (Phi) is 43.2. The lowest BCUT2D eigenvalue weighted by molar-refractivity contribution is -0.138. The molecule has 0 heterocycles. The molecule has 0 aromatic rings. The zero-order valence-electron chi connectivity index (χ0n) is 29.0. The molecule has 0 spiro atoms. The Labute approximate surface area is 276 Å². The van der Waals surface area contributed by atoms with Gasteiger partial charge in [-0.1, -0.05) is 141 Å². The first-order chi connectivity index (χ1) is 21.5. The van der Waals surface area contributed by atoms with E-state index >= 15 is 0 Å². The van der Waals surface area contributed by atoms with Crippen molar-refractivity contribution >= 4 is 19.8 Å². The van der Waals surface area contributed by atoms with E-state index < -0.39 is 19.8 Å². The number of unbranched alkanes of at least 4 members (excludes halogenated alkanes) is 22. The number of phosphoric acid groups is 1. The van der Waals surface area contributed by atoms with Crippen molar-refractivity contribution < 1.29 is 39.0 Å². The van der Waals surface area contributed by atoms with E-state index in [2.05, 4.69) is 38.2 Å². The highest BCUT2D eigenvalue weighted by Gasteiger charge is 2.00. The zero-order chi connectivity index (χ0) is 34.3. The normalized spacial score (nSPS) is 11.3. The summed E-state index contributed by atoms with van der Waals surface area (Å²) in [5, 5.41) is 17.0. The van der Waals surface area contributed by atoms with E-state index in [0.29, 0.717) is 12.8 Å². The number of allylic oxidation sites excluding steroid dienone is 4. The predicted octanol–water partition coefficient (Wildman–Crippen LogP) is 11.3. The topological polar surface area (TPSA) is 152 Å². The Morgan fingerprint density at radius 1 is 0.422 bits per heavy atom. The van der Waals surface area contributed by atoms with Gasteiger partial charge >= 0.3 is 19.8 Å². The quantitative estimate of drug-likeness (QED) is 0.0289. The molecular weight excluding hydrogens is 591 g/mol. The predicted molar refractivity (Wildman–Crippen MR) is 188 cm³/mol. The fourth-order valence-corrected chi connectivity index (χ4v) is 4.69. The molecule has 0 aliphatic rings. The van der Waals surface area contributed by atoms with Crippen molar-refractivity contribution in [3.63, 3.8) is 0 Å². The van der Waals surface area contributed by atoms with Crippen LogP contribution in [0, 0.1) is 0 Å². The number of carboxylic acids is 2. The summed E-state index contributed by atoms with van der Waals surface area (Å²) in [5.74, 6) is -1.33. The molecule has 9 heteroatoms. The van der Waals surface area contributed by atoms with Gasteiger partial charge < -0.3 is 24.9 Å². The van der Waals surface area contributed by atoms with Gasteiger partial charge in [0.2, 0.25) is 0 Å². The van der Waals surface area contributed by atoms with Crippen molar-refractivity contribution in [2.45, 2.75) is 194 Å². The summed E-state index contributed by atoms with van der Waals surface area (Å²) in [4.78, 5) is 42.2. The summed E-state index contributed by atoms with van der Waals surface area (Å²) < 4.78 is 8.88. The van der Waals surface area contributed by atoms with Crippen molar-refractivity contribution in [2.24, 2.45) is 0 Å². The van der Waals surface area contributed by atoms with Gasteiger partial charge in [0.25, 0.3) is 0 Å². The number of hydrogen-bond donors (Lipinski definition) is 5. The smallest absolute Gasteiger partial charge is 0.466 e. The van der Waals surface area contributed by atoms with E-state index in [9.17, 15) is 9.59 Å². The minimum atomic E-state index is -4.64. The molecule has 0 saturated heterocycles. The number of aliphatic carboxylic acids is 2. The van der Waals surface area contributed by atoms with Gasteiger partial charge in [0.15, 0.2) is 0 Å². The van der Waals surface area contributed by atoms with Crippen LogP contribution in [0.3, 0.4) is 0 Å². The molecular formula is C36H71O8P. The first-order valence-electron chi connectivity index (χ1n) is 18.1. The average molecular weight is 663 g/mol. The van der Waals surface area contributed by atoms with E-state index in [1.165, 1.54) is 141 Å². The van der Waals surface area contributed by atoms with Gasteiger partial charge in [-0.05, 0) is 64.2 Å². The van der Waals surface area contributed by atoms with Crippen LogP contribution in [0.25, 0.3) is 0 Å². The van der Waals surface area contributed by atoms with E-state index in [4.69, 9.17) is 29.5 Å². The van der Waals surface area contributed by atoms with E-state index in [1.807, 2.05) is 0 Å². The Hall–Kier alpha value is -1.47. The van der Waals surface area contributed by atoms with Crippen LogP contribution in [-0.4, -0.2) is 36.8 Å². The van der Waals surface area contributed by atoms with Crippen LogP contribution in [0.2, 0.25) is 0 Å². The summed E-state index contributed by atoms with van der Waals surface area (Å²) in [7, 11) is -4.64. The van der Waals surface area contributed by atoms with Gasteiger partial charge in [0, 0.05) is 12.8 Å². The van der Waals surface area contributed by atoms with Gasteiger partial charge in [0.1, 0.15) is 0 Å². The molecule has 0 aliphatic heterocycles. The van der Waals surface area contributed by atoms with Crippen molar-refractivity contribution in [1.29, 1.82) is 0 Å². The van der Waals surface area contributed by atoms with Crippen molar-refractivity contribution in [3.8, 4) is 0 Å². The highest BCUT2D eigenvalue weighted by molar-refractivity contribution is 7.45. The summed E-state index contributed by atoms with van der Waals surface area (Å²) >= 11 is 0. The SMILES string of the molecule is CCCCCCCC/C=C\CCCCCCCC(=O)O.CCCCCCCC/C=C\CCCCCCCC(=O)O.O=P(O)(O)O. The first-order valence-corrected chi connectivity index (χ1v) is 19.6. The molecule has 45 heavy (non-hydrogen) atoms. The minimum absolute atomic E-state index is 0.332. The lowest BCUT2D eigenvalue weighted by atomic mass is 10.1. The largest absolute Gasteiger partial charge is 0.481 e. The molecule has 0 aliphatic carbocycles. The lowest BCUT2D eigenvalue weighted by Crippen LogP contribution is -1.93. The van der Waals surface area contributed by atoms with Crippen LogP contribution in [-0.2, 0) is 14.2 Å². The molecule has 0 aromatic carbocycles. The molecule has 0 bridgehead atoms. The number of carbonyl (C=O) groups is 2.